The Morgan fingerprint density at radius 2 is 2.00 bits per heavy atom. The molecule has 164 valence electrons. The second-order valence-corrected chi connectivity index (χ2v) is 10.3. The van der Waals surface area contributed by atoms with E-state index >= 15 is 0 Å². The summed E-state index contributed by atoms with van der Waals surface area (Å²) in [6, 6.07) is 4.24. The molecule has 2 aromatic rings. The van der Waals surface area contributed by atoms with Gasteiger partial charge in [0.2, 0.25) is 0 Å². The molecular formula is C20H20BrN3O6S. The minimum atomic E-state index is -4.39. The molecule has 1 fully saturated rings. The molecule has 2 aliphatic carbocycles. The van der Waals surface area contributed by atoms with Crippen LogP contribution in [0.25, 0.3) is 10.9 Å². The maximum Gasteiger partial charge on any atom is 0.290 e. The number of allylic oxidation sites excluding steroid dienone is 2. The van der Waals surface area contributed by atoms with Gasteiger partial charge >= 0.3 is 0 Å². The van der Waals surface area contributed by atoms with Crippen molar-refractivity contribution in [3.63, 3.8) is 0 Å². The van der Waals surface area contributed by atoms with Gasteiger partial charge in [0.15, 0.2) is 0 Å². The van der Waals surface area contributed by atoms with Crippen molar-refractivity contribution in [3.05, 3.63) is 65.8 Å². The quantitative estimate of drug-likeness (QED) is 0.354. The van der Waals surface area contributed by atoms with Crippen molar-refractivity contribution < 1.29 is 17.9 Å². The van der Waals surface area contributed by atoms with E-state index in [1.807, 2.05) is 6.92 Å². The number of aromatic nitrogens is 1. The van der Waals surface area contributed by atoms with Crippen molar-refractivity contribution in [2.24, 2.45) is 13.0 Å². The normalized spacial score (nSPS) is 21.5. The number of aryl methyl sites for hydroxylation is 1. The number of non-ortho nitro benzene ring substituents is 1. The maximum absolute atomic E-state index is 12.8. The van der Waals surface area contributed by atoms with Gasteiger partial charge < -0.3 is 9.88 Å². The first-order chi connectivity index (χ1) is 14.5. The summed E-state index contributed by atoms with van der Waals surface area (Å²) in [6.45, 7) is 1.86. The second-order valence-electron chi connectivity index (χ2n) is 8.02. The second kappa shape index (κ2) is 7.28. The highest BCUT2D eigenvalue weighted by molar-refractivity contribution is 9.10. The first-order valence-corrected chi connectivity index (χ1v) is 11.8. The Bertz CT molecular complexity index is 1360. The van der Waals surface area contributed by atoms with Gasteiger partial charge in [0.05, 0.1) is 26.6 Å². The van der Waals surface area contributed by atoms with Gasteiger partial charge in [-0.25, -0.2) is 0 Å². The van der Waals surface area contributed by atoms with Crippen molar-refractivity contribution in [2.45, 2.75) is 31.7 Å². The number of rotatable bonds is 5. The molecule has 0 unspecified atom stereocenters. The highest BCUT2D eigenvalue weighted by Crippen LogP contribution is 2.51. The molecule has 1 saturated carbocycles. The molecule has 0 amide bonds. The van der Waals surface area contributed by atoms with Crippen LogP contribution < -0.4 is 10.9 Å². The number of benzene rings is 1. The van der Waals surface area contributed by atoms with Crippen LogP contribution in [-0.2, 0) is 17.2 Å². The Morgan fingerprint density at radius 1 is 1.32 bits per heavy atom. The fourth-order valence-corrected chi connectivity index (χ4v) is 5.49. The molecule has 0 spiro atoms. The number of hydrogen-bond acceptors (Lipinski definition) is 6. The Morgan fingerprint density at radius 3 is 2.58 bits per heavy atom. The molecule has 0 radical (unpaired) electrons. The fourth-order valence-electron chi connectivity index (χ4n) is 4.26. The molecule has 2 N–H and O–H groups in total. The Kier molecular flexibility index (Phi) is 5.10. The van der Waals surface area contributed by atoms with Gasteiger partial charge in [-0.1, -0.05) is 6.08 Å². The largest absolute Gasteiger partial charge is 0.374 e. The molecule has 9 nitrogen and oxygen atoms in total. The average molecular weight is 510 g/mol. The van der Waals surface area contributed by atoms with E-state index in [0.717, 1.165) is 18.4 Å². The van der Waals surface area contributed by atoms with Gasteiger partial charge in [0.25, 0.3) is 21.4 Å². The minimum absolute atomic E-state index is 0.0108. The topological polar surface area (TPSA) is 132 Å². The van der Waals surface area contributed by atoms with Crippen LogP contribution in [-0.4, -0.2) is 28.0 Å². The van der Waals surface area contributed by atoms with Gasteiger partial charge in [0.1, 0.15) is 4.47 Å². The van der Waals surface area contributed by atoms with Crippen LogP contribution in [0.3, 0.4) is 0 Å². The zero-order chi connectivity index (χ0) is 22.7. The number of anilines is 1. The Labute approximate surface area is 186 Å². The summed E-state index contributed by atoms with van der Waals surface area (Å²) in [4.78, 5) is 23.6. The van der Waals surface area contributed by atoms with Crippen molar-refractivity contribution in [1.82, 2.24) is 4.57 Å². The number of nitrogens with zero attached hydrogens (tertiary/aromatic N) is 2. The number of pyridine rings is 1. The zero-order valence-corrected chi connectivity index (χ0v) is 19.2. The number of nitro benzene ring substituents is 1. The molecule has 11 heteroatoms. The molecule has 31 heavy (non-hydrogen) atoms. The standard InChI is InChI=1S/C20H20BrN3O6S/c1-11-3-7-14(31(28,29)30)10-20(11,12-4-5-12)22-18-15-9-13(24(26)27)6-8-16(15)23(2)19(25)17(18)21/h3,6-9,12,22H,4-5,10H2,1-2H3,(H,28,29,30)/t20-/m0/s1. The predicted molar refractivity (Wildman–Crippen MR) is 121 cm³/mol. The van der Waals surface area contributed by atoms with Gasteiger partial charge in [-0.2, -0.15) is 8.42 Å². The van der Waals surface area contributed by atoms with Gasteiger partial charge in [-0.15, -0.1) is 0 Å². The summed E-state index contributed by atoms with van der Waals surface area (Å²) in [5.74, 6) is 0.0823. The smallest absolute Gasteiger partial charge is 0.290 e. The lowest BCUT2D eigenvalue weighted by atomic mass is 9.79. The first-order valence-electron chi connectivity index (χ1n) is 9.56. The zero-order valence-electron chi connectivity index (χ0n) is 16.8. The average Bonchev–Trinajstić information content (AvgIpc) is 3.55. The van der Waals surface area contributed by atoms with Crippen molar-refractivity contribution >= 4 is 48.3 Å². The number of halogens is 1. The SMILES string of the molecule is CC1=CC=C(S(=O)(=O)O)C[C@@]1(Nc1c(Br)c(=O)n(C)c2ccc([N+](=O)[O-])cc12)C1CC1. The van der Waals surface area contributed by atoms with Crippen LogP contribution in [0.15, 0.2) is 50.1 Å². The minimum Gasteiger partial charge on any atom is -0.374 e. The Hall–Kier alpha value is -2.50. The van der Waals surface area contributed by atoms with E-state index in [4.69, 9.17) is 0 Å². The van der Waals surface area contributed by atoms with E-state index in [-0.39, 0.29) is 33.0 Å². The van der Waals surface area contributed by atoms with Gasteiger partial charge in [0, 0.05) is 31.0 Å². The van der Waals surface area contributed by atoms with Crippen molar-refractivity contribution in [2.75, 3.05) is 5.32 Å². The third-order valence-electron chi connectivity index (χ3n) is 6.16. The molecule has 2 aliphatic rings. The highest BCUT2D eigenvalue weighted by atomic mass is 79.9. The maximum atomic E-state index is 12.8. The summed E-state index contributed by atoms with van der Waals surface area (Å²) >= 11 is 3.34. The predicted octanol–water partition coefficient (Wildman–Crippen LogP) is 3.89. The van der Waals surface area contributed by atoms with E-state index in [1.54, 1.807) is 13.1 Å². The third kappa shape index (κ3) is 3.60. The molecule has 1 atom stereocenters. The van der Waals surface area contributed by atoms with Gasteiger partial charge in [-0.05, 0) is 59.3 Å². The van der Waals surface area contributed by atoms with Crippen LogP contribution in [0.5, 0.6) is 0 Å². The molecular weight excluding hydrogens is 490 g/mol. The number of hydrogen-bond donors (Lipinski definition) is 2. The lowest BCUT2D eigenvalue weighted by molar-refractivity contribution is -0.384. The summed E-state index contributed by atoms with van der Waals surface area (Å²) < 4.78 is 35.0. The molecule has 1 heterocycles. The molecule has 1 aromatic carbocycles. The highest BCUT2D eigenvalue weighted by Gasteiger charge is 2.49. The van der Waals surface area contributed by atoms with E-state index < -0.39 is 20.6 Å². The number of fused-ring (bicyclic) bond motifs is 1. The molecule has 4 rings (SSSR count). The van der Waals surface area contributed by atoms with Gasteiger partial charge in [-0.3, -0.25) is 19.5 Å². The molecule has 0 aliphatic heterocycles. The van der Waals surface area contributed by atoms with E-state index in [9.17, 15) is 27.9 Å². The molecule has 1 aromatic heterocycles. The monoisotopic (exact) mass is 509 g/mol. The first kappa shape index (κ1) is 21.7. The van der Waals surface area contributed by atoms with E-state index in [0.29, 0.717) is 16.6 Å². The summed E-state index contributed by atoms with van der Waals surface area (Å²) in [5.41, 5.74) is 0.391. The van der Waals surface area contributed by atoms with E-state index in [2.05, 4.69) is 21.2 Å². The van der Waals surface area contributed by atoms with Crippen LogP contribution in [0, 0.1) is 16.0 Å². The van der Waals surface area contributed by atoms with Crippen molar-refractivity contribution in [1.29, 1.82) is 0 Å². The lowest BCUT2D eigenvalue weighted by Gasteiger charge is -2.40. The van der Waals surface area contributed by atoms with Crippen LogP contribution in [0.1, 0.15) is 26.2 Å². The van der Waals surface area contributed by atoms with E-state index in [1.165, 1.54) is 28.8 Å². The summed E-state index contributed by atoms with van der Waals surface area (Å²) in [6.07, 6.45) is 4.73. The number of nitrogens with one attached hydrogen (secondary N) is 1. The Balaban J connectivity index is 1.95. The lowest BCUT2D eigenvalue weighted by Crippen LogP contribution is -2.45. The van der Waals surface area contributed by atoms with Crippen LogP contribution >= 0.6 is 15.9 Å². The summed E-state index contributed by atoms with van der Waals surface area (Å²) in [7, 11) is -2.82. The van der Waals surface area contributed by atoms with Crippen molar-refractivity contribution in [3.8, 4) is 0 Å². The molecule has 0 saturated heterocycles. The number of nitro groups is 1. The molecule has 0 bridgehead atoms. The van der Waals surface area contributed by atoms with Crippen LogP contribution in [0.4, 0.5) is 11.4 Å². The van der Waals surface area contributed by atoms with Crippen LogP contribution in [0.2, 0.25) is 0 Å². The third-order valence-corrected chi connectivity index (χ3v) is 7.84. The fraction of sp³-hybridized carbons (Fsp3) is 0.350. The summed E-state index contributed by atoms with van der Waals surface area (Å²) in [5, 5.41) is 15.2.